The van der Waals surface area contributed by atoms with E-state index < -0.39 is 0 Å². The zero-order valence-corrected chi connectivity index (χ0v) is 10.9. The van der Waals surface area contributed by atoms with Gasteiger partial charge in [-0.1, -0.05) is 13.3 Å². The third-order valence-electron chi connectivity index (χ3n) is 3.58. The predicted molar refractivity (Wildman–Crippen MR) is 67.1 cm³/mol. The maximum absolute atomic E-state index is 12.2. The molecule has 1 saturated heterocycles. The average Bonchev–Trinajstić information content (AvgIpc) is 2.17. The Labute approximate surface area is 99.4 Å². The fourth-order valence-corrected chi connectivity index (χ4v) is 2.72. The summed E-state index contributed by atoms with van der Waals surface area (Å²) in [5, 5.41) is 0. The highest BCUT2D eigenvalue weighted by Gasteiger charge is 2.29. The summed E-state index contributed by atoms with van der Waals surface area (Å²) in [5.74, 6) is 0.251. The van der Waals surface area contributed by atoms with Crippen LogP contribution in [0.3, 0.4) is 0 Å². The molecule has 3 atom stereocenters. The largest absolute Gasteiger partial charge is 0.337 e. The van der Waals surface area contributed by atoms with Crippen LogP contribution in [0, 0.1) is 0 Å². The molecule has 3 nitrogen and oxygen atoms in total. The molecule has 0 radical (unpaired) electrons. The van der Waals surface area contributed by atoms with Crippen molar-refractivity contribution in [3.05, 3.63) is 0 Å². The highest BCUT2D eigenvalue weighted by molar-refractivity contribution is 5.77. The van der Waals surface area contributed by atoms with Gasteiger partial charge in [-0.2, -0.15) is 0 Å². The molecule has 1 heterocycles. The summed E-state index contributed by atoms with van der Waals surface area (Å²) in [5.41, 5.74) is 5.94. The van der Waals surface area contributed by atoms with E-state index in [0.29, 0.717) is 18.5 Å². The van der Waals surface area contributed by atoms with Gasteiger partial charge in [0.15, 0.2) is 0 Å². The molecule has 0 aromatic heterocycles. The van der Waals surface area contributed by atoms with Crippen LogP contribution in [0.25, 0.3) is 0 Å². The second-order valence-corrected chi connectivity index (χ2v) is 5.18. The number of carbonyl (C=O) groups excluding carboxylic acids is 1. The Hall–Kier alpha value is -0.570. The third-order valence-corrected chi connectivity index (χ3v) is 3.58. The summed E-state index contributed by atoms with van der Waals surface area (Å²) in [6.45, 7) is 6.41. The standard InChI is InChI=1S/C13H26N2O/c1-4-6-12(14)9-13(16)15-10(2)7-5-8-11(15)3/h10-12H,4-9,14H2,1-3H3/t10-,11+,12?. The monoisotopic (exact) mass is 226 g/mol. The number of nitrogens with zero attached hydrogens (tertiary/aromatic N) is 1. The van der Waals surface area contributed by atoms with Crippen molar-refractivity contribution in [1.82, 2.24) is 4.90 Å². The van der Waals surface area contributed by atoms with Crippen molar-refractivity contribution in [3.8, 4) is 0 Å². The number of amides is 1. The van der Waals surface area contributed by atoms with Gasteiger partial charge in [0.05, 0.1) is 0 Å². The van der Waals surface area contributed by atoms with Crippen LogP contribution >= 0.6 is 0 Å². The Morgan fingerprint density at radius 1 is 1.38 bits per heavy atom. The summed E-state index contributed by atoms with van der Waals surface area (Å²) >= 11 is 0. The van der Waals surface area contributed by atoms with E-state index in [4.69, 9.17) is 5.73 Å². The van der Waals surface area contributed by atoms with Gasteiger partial charge in [0.1, 0.15) is 0 Å². The predicted octanol–water partition coefficient (Wildman–Crippen LogP) is 2.29. The van der Waals surface area contributed by atoms with E-state index in [1.165, 1.54) is 6.42 Å². The average molecular weight is 226 g/mol. The van der Waals surface area contributed by atoms with Crippen LogP contribution in [0.4, 0.5) is 0 Å². The molecule has 0 bridgehead atoms. The minimum absolute atomic E-state index is 0.0406. The topological polar surface area (TPSA) is 46.3 Å². The Kier molecular flexibility index (Phi) is 5.26. The van der Waals surface area contributed by atoms with Crippen LogP contribution in [-0.4, -0.2) is 28.9 Å². The van der Waals surface area contributed by atoms with Gasteiger partial charge >= 0.3 is 0 Å². The molecule has 1 unspecified atom stereocenters. The van der Waals surface area contributed by atoms with Crippen LogP contribution < -0.4 is 5.73 Å². The fourth-order valence-electron chi connectivity index (χ4n) is 2.72. The van der Waals surface area contributed by atoms with Gasteiger partial charge in [-0.05, 0) is 39.5 Å². The molecule has 0 spiro atoms. The number of likely N-dealkylation sites (tertiary alicyclic amines) is 1. The van der Waals surface area contributed by atoms with E-state index in [-0.39, 0.29) is 11.9 Å². The minimum atomic E-state index is 0.0406. The van der Waals surface area contributed by atoms with Crippen molar-refractivity contribution < 1.29 is 4.79 Å². The van der Waals surface area contributed by atoms with Gasteiger partial charge in [-0.3, -0.25) is 4.79 Å². The zero-order valence-electron chi connectivity index (χ0n) is 10.9. The highest BCUT2D eigenvalue weighted by atomic mass is 16.2. The lowest BCUT2D eigenvalue weighted by Crippen LogP contribution is -2.48. The molecule has 1 amide bonds. The molecule has 94 valence electrons. The molecule has 0 aromatic rings. The first-order valence-electron chi connectivity index (χ1n) is 6.63. The molecule has 0 saturated carbocycles. The molecule has 0 aliphatic carbocycles. The van der Waals surface area contributed by atoms with Crippen molar-refractivity contribution in [2.24, 2.45) is 5.73 Å². The van der Waals surface area contributed by atoms with Crippen LogP contribution in [0.15, 0.2) is 0 Å². The van der Waals surface area contributed by atoms with Gasteiger partial charge in [0.2, 0.25) is 5.91 Å². The lowest BCUT2D eigenvalue weighted by Gasteiger charge is -2.39. The molecule has 0 aromatic carbocycles. The van der Waals surface area contributed by atoms with E-state index in [2.05, 4.69) is 25.7 Å². The number of rotatable bonds is 4. The van der Waals surface area contributed by atoms with Crippen molar-refractivity contribution in [2.75, 3.05) is 0 Å². The van der Waals surface area contributed by atoms with Gasteiger partial charge in [-0.15, -0.1) is 0 Å². The molecular weight excluding hydrogens is 200 g/mol. The van der Waals surface area contributed by atoms with Gasteiger partial charge in [0.25, 0.3) is 0 Å². The smallest absolute Gasteiger partial charge is 0.224 e. The van der Waals surface area contributed by atoms with Crippen LogP contribution in [-0.2, 0) is 4.79 Å². The second kappa shape index (κ2) is 6.24. The number of hydrogen-bond donors (Lipinski definition) is 1. The summed E-state index contributed by atoms with van der Waals surface area (Å²) in [6.07, 6.45) is 6.04. The summed E-state index contributed by atoms with van der Waals surface area (Å²) in [4.78, 5) is 14.2. The first-order valence-corrected chi connectivity index (χ1v) is 6.63. The number of nitrogens with two attached hydrogens (primary N) is 1. The lowest BCUT2D eigenvalue weighted by atomic mass is 9.96. The normalized spacial score (nSPS) is 27.9. The zero-order chi connectivity index (χ0) is 12.1. The van der Waals surface area contributed by atoms with E-state index >= 15 is 0 Å². The lowest BCUT2D eigenvalue weighted by molar-refractivity contribution is -0.137. The van der Waals surface area contributed by atoms with Crippen LogP contribution in [0.5, 0.6) is 0 Å². The minimum Gasteiger partial charge on any atom is -0.337 e. The molecule has 1 fully saturated rings. The molecule has 1 rings (SSSR count). The van der Waals surface area contributed by atoms with Crippen molar-refractivity contribution in [2.45, 2.75) is 77.4 Å². The Morgan fingerprint density at radius 3 is 2.44 bits per heavy atom. The number of piperidine rings is 1. The summed E-state index contributed by atoms with van der Waals surface area (Å²) < 4.78 is 0. The molecular formula is C13H26N2O. The molecule has 2 N–H and O–H groups in total. The van der Waals surface area contributed by atoms with Crippen molar-refractivity contribution >= 4 is 5.91 Å². The Morgan fingerprint density at radius 2 is 1.94 bits per heavy atom. The number of hydrogen-bond acceptors (Lipinski definition) is 2. The van der Waals surface area contributed by atoms with E-state index in [9.17, 15) is 4.79 Å². The maximum atomic E-state index is 12.2. The number of carbonyl (C=O) groups is 1. The first-order chi connectivity index (χ1) is 7.56. The molecule has 3 heteroatoms. The van der Waals surface area contributed by atoms with Gasteiger partial charge in [-0.25, -0.2) is 0 Å². The van der Waals surface area contributed by atoms with Crippen LogP contribution in [0.2, 0.25) is 0 Å². The Bertz CT molecular complexity index is 220. The van der Waals surface area contributed by atoms with E-state index in [1.807, 2.05) is 0 Å². The first kappa shape index (κ1) is 13.5. The summed E-state index contributed by atoms with van der Waals surface area (Å²) in [7, 11) is 0. The van der Waals surface area contributed by atoms with Gasteiger partial charge < -0.3 is 10.6 Å². The molecule has 1 aliphatic rings. The maximum Gasteiger partial charge on any atom is 0.224 e. The fraction of sp³-hybridized carbons (Fsp3) is 0.923. The van der Waals surface area contributed by atoms with E-state index in [0.717, 1.165) is 25.7 Å². The van der Waals surface area contributed by atoms with Gasteiger partial charge in [0, 0.05) is 24.5 Å². The van der Waals surface area contributed by atoms with Crippen LogP contribution in [0.1, 0.15) is 59.3 Å². The highest BCUT2D eigenvalue weighted by Crippen LogP contribution is 2.23. The Balaban J connectivity index is 2.50. The van der Waals surface area contributed by atoms with Crippen molar-refractivity contribution in [3.63, 3.8) is 0 Å². The van der Waals surface area contributed by atoms with E-state index in [1.54, 1.807) is 0 Å². The summed E-state index contributed by atoms with van der Waals surface area (Å²) in [6, 6.07) is 0.828. The quantitative estimate of drug-likeness (QED) is 0.799. The van der Waals surface area contributed by atoms with Crippen molar-refractivity contribution in [1.29, 1.82) is 0 Å². The molecule has 1 aliphatic heterocycles. The second-order valence-electron chi connectivity index (χ2n) is 5.18. The molecule has 16 heavy (non-hydrogen) atoms. The SMILES string of the molecule is CCCC(N)CC(=O)N1[C@H](C)CCC[C@@H]1C. The third kappa shape index (κ3) is 3.48.